The van der Waals surface area contributed by atoms with Crippen molar-refractivity contribution in [3.63, 3.8) is 0 Å². The fourth-order valence-electron chi connectivity index (χ4n) is 3.25. The average Bonchev–Trinajstić information content (AvgIpc) is 2.52. The molecule has 116 valence electrons. The van der Waals surface area contributed by atoms with Gasteiger partial charge in [-0.1, -0.05) is 37.6 Å². The van der Waals surface area contributed by atoms with Crippen LogP contribution in [0.1, 0.15) is 43.7 Å². The van der Waals surface area contributed by atoms with E-state index < -0.39 is 0 Å². The van der Waals surface area contributed by atoms with E-state index in [0.717, 1.165) is 38.5 Å². The predicted molar refractivity (Wildman–Crippen MR) is 85.1 cm³/mol. The van der Waals surface area contributed by atoms with E-state index in [0.29, 0.717) is 12.5 Å². The molecule has 3 nitrogen and oxygen atoms in total. The first kappa shape index (κ1) is 16.0. The van der Waals surface area contributed by atoms with Gasteiger partial charge in [-0.25, -0.2) is 0 Å². The summed E-state index contributed by atoms with van der Waals surface area (Å²) in [5, 5.41) is 12.2. The number of aliphatic hydroxyl groups is 1. The molecule has 0 saturated carbocycles. The second-order valence-electron chi connectivity index (χ2n) is 6.12. The molecule has 1 aromatic rings. The van der Waals surface area contributed by atoms with Crippen LogP contribution in [-0.4, -0.2) is 24.2 Å². The van der Waals surface area contributed by atoms with Crippen molar-refractivity contribution >= 4 is 5.91 Å². The van der Waals surface area contributed by atoms with Gasteiger partial charge in [0.05, 0.1) is 0 Å². The molecule has 1 aromatic carbocycles. The van der Waals surface area contributed by atoms with Gasteiger partial charge in [-0.2, -0.15) is 0 Å². The Morgan fingerprint density at radius 1 is 1.33 bits per heavy atom. The first-order chi connectivity index (χ1) is 10.2. The summed E-state index contributed by atoms with van der Waals surface area (Å²) in [4.78, 5) is 12.3. The highest BCUT2D eigenvalue weighted by atomic mass is 16.3. The molecule has 0 radical (unpaired) electrons. The van der Waals surface area contributed by atoms with E-state index in [9.17, 15) is 4.79 Å². The van der Waals surface area contributed by atoms with Crippen LogP contribution in [0.4, 0.5) is 0 Å². The van der Waals surface area contributed by atoms with Crippen LogP contribution in [0.2, 0.25) is 0 Å². The summed E-state index contributed by atoms with van der Waals surface area (Å²) in [6.07, 6.45) is 5.75. The van der Waals surface area contributed by atoms with Crippen molar-refractivity contribution in [1.82, 2.24) is 5.32 Å². The summed E-state index contributed by atoms with van der Waals surface area (Å²) >= 11 is 0. The summed E-state index contributed by atoms with van der Waals surface area (Å²) < 4.78 is 0. The Labute approximate surface area is 127 Å². The largest absolute Gasteiger partial charge is 0.396 e. The fraction of sp³-hybridized carbons (Fsp3) is 0.611. The molecule has 2 atom stereocenters. The van der Waals surface area contributed by atoms with Crippen molar-refractivity contribution < 1.29 is 9.90 Å². The van der Waals surface area contributed by atoms with Crippen LogP contribution in [0.15, 0.2) is 24.3 Å². The monoisotopic (exact) mass is 289 g/mol. The molecule has 21 heavy (non-hydrogen) atoms. The lowest BCUT2D eigenvalue weighted by Crippen LogP contribution is -2.37. The Kier molecular flexibility index (Phi) is 6.24. The van der Waals surface area contributed by atoms with E-state index in [-0.39, 0.29) is 18.4 Å². The van der Waals surface area contributed by atoms with E-state index in [1.165, 1.54) is 11.1 Å². The zero-order valence-corrected chi connectivity index (χ0v) is 13.0. The standard InChI is InChI=1S/C18H27NO2/c1-2-5-14(10-11-20)13-19-18(21)17-9-8-15-6-3-4-7-16(15)12-17/h3-4,6-7,14,17,20H,2,5,8-13H2,1H3,(H,19,21). The molecular weight excluding hydrogens is 262 g/mol. The number of aliphatic hydroxyl groups excluding tert-OH is 1. The Morgan fingerprint density at radius 3 is 2.81 bits per heavy atom. The number of hydrogen-bond acceptors (Lipinski definition) is 2. The predicted octanol–water partition coefficient (Wildman–Crippen LogP) is 2.71. The number of carbonyl (C=O) groups is 1. The Bertz CT molecular complexity index is 452. The van der Waals surface area contributed by atoms with Gasteiger partial charge in [0, 0.05) is 19.1 Å². The molecule has 0 saturated heterocycles. The smallest absolute Gasteiger partial charge is 0.223 e. The minimum Gasteiger partial charge on any atom is -0.396 e. The van der Waals surface area contributed by atoms with Crippen LogP contribution < -0.4 is 5.32 Å². The molecule has 2 rings (SSSR count). The minimum atomic E-state index is 0.108. The van der Waals surface area contributed by atoms with Gasteiger partial charge in [-0.15, -0.1) is 0 Å². The summed E-state index contributed by atoms with van der Waals surface area (Å²) in [6, 6.07) is 8.43. The van der Waals surface area contributed by atoms with Gasteiger partial charge in [0.15, 0.2) is 0 Å². The molecule has 0 aromatic heterocycles. The van der Waals surface area contributed by atoms with Gasteiger partial charge < -0.3 is 10.4 Å². The molecule has 1 amide bonds. The second kappa shape index (κ2) is 8.18. The molecule has 0 heterocycles. The van der Waals surface area contributed by atoms with Crippen LogP contribution >= 0.6 is 0 Å². The number of aryl methyl sites for hydroxylation is 1. The SMILES string of the molecule is CCCC(CCO)CNC(=O)C1CCc2ccccc2C1. The zero-order valence-electron chi connectivity index (χ0n) is 13.0. The van der Waals surface area contributed by atoms with E-state index >= 15 is 0 Å². The third-order valence-corrected chi connectivity index (χ3v) is 4.52. The lowest BCUT2D eigenvalue weighted by molar-refractivity contribution is -0.125. The lowest BCUT2D eigenvalue weighted by Gasteiger charge is -2.25. The molecule has 2 N–H and O–H groups in total. The van der Waals surface area contributed by atoms with E-state index in [1.807, 2.05) is 0 Å². The van der Waals surface area contributed by atoms with E-state index in [2.05, 4.69) is 36.5 Å². The topological polar surface area (TPSA) is 49.3 Å². The van der Waals surface area contributed by atoms with Crippen LogP contribution in [0.3, 0.4) is 0 Å². The van der Waals surface area contributed by atoms with Gasteiger partial charge in [0.25, 0.3) is 0 Å². The molecule has 1 aliphatic carbocycles. The average molecular weight is 289 g/mol. The lowest BCUT2D eigenvalue weighted by atomic mass is 9.83. The van der Waals surface area contributed by atoms with Crippen LogP contribution in [0.5, 0.6) is 0 Å². The van der Waals surface area contributed by atoms with Crippen molar-refractivity contribution in [2.24, 2.45) is 11.8 Å². The first-order valence-corrected chi connectivity index (χ1v) is 8.20. The highest BCUT2D eigenvalue weighted by molar-refractivity contribution is 5.79. The molecule has 0 bridgehead atoms. The minimum absolute atomic E-state index is 0.108. The molecular formula is C18H27NO2. The number of rotatable bonds is 7. The molecule has 3 heteroatoms. The molecule has 0 fully saturated rings. The summed E-state index contributed by atoms with van der Waals surface area (Å²) in [7, 11) is 0. The fourth-order valence-corrected chi connectivity index (χ4v) is 3.25. The normalized spacial score (nSPS) is 18.9. The van der Waals surface area contributed by atoms with Crippen molar-refractivity contribution in [2.75, 3.05) is 13.2 Å². The van der Waals surface area contributed by atoms with Gasteiger partial charge in [0.1, 0.15) is 0 Å². The van der Waals surface area contributed by atoms with E-state index in [1.54, 1.807) is 0 Å². The van der Waals surface area contributed by atoms with Crippen LogP contribution in [-0.2, 0) is 17.6 Å². The number of carbonyl (C=O) groups excluding carboxylic acids is 1. The maximum atomic E-state index is 12.3. The Morgan fingerprint density at radius 2 is 2.10 bits per heavy atom. The van der Waals surface area contributed by atoms with Crippen molar-refractivity contribution in [2.45, 2.75) is 45.4 Å². The van der Waals surface area contributed by atoms with Crippen molar-refractivity contribution in [1.29, 1.82) is 0 Å². The Balaban J connectivity index is 1.84. The molecule has 0 aliphatic heterocycles. The maximum Gasteiger partial charge on any atom is 0.223 e. The zero-order chi connectivity index (χ0) is 15.1. The number of benzene rings is 1. The number of fused-ring (bicyclic) bond motifs is 1. The first-order valence-electron chi connectivity index (χ1n) is 8.20. The molecule has 2 unspecified atom stereocenters. The van der Waals surface area contributed by atoms with Crippen molar-refractivity contribution in [3.05, 3.63) is 35.4 Å². The summed E-state index contributed by atoms with van der Waals surface area (Å²) in [6.45, 7) is 3.05. The van der Waals surface area contributed by atoms with Gasteiger partial charge in [0.2, 0.25) is 5.91 Å². The van der Waals surface area contributed by atoms with Crippen LogP contribution in [0.25, 0.3) is 0 Å². The second-order valence-corrected chi connectivity index (χ2v) is 6.12. The summed E-state index contributed by atoms with van der Waals surface area (Å²) in [5.74, 6) is 0.694. The highest BCUT2D eigenvalue weighted by Crippen LogP contribution is 2.25. The quantitative estimate of drug-likeness (QED) is 0.811. The van der Waals surface area contributed by atoms with E-state index in [4.69, 9.17) is 5.11 Å². The molecule has 0 spiro atoms. The molecule has 1 aliphatic rings. The third kappa shape index (κ3) is 4.57. The highest BCUT2D eigenvalue weighted by Gasteiger charge is 2.24. The number of nitrogens with one attached hydrogen (secondary N) is 1. The van der Waals surface area contributed by atoms with Gasteiger partial charge >= 0.3 is 0 Å². The third-order valence-electron chi connectivity index (χ3n) is 4.52. The van der Waals surface area contributed by atoms with Gasteiger partial charge in [-0.05, 0) is 49.1 Å². The van der Waals surface area contributed by atoms with Crippen LogP contribution in [0, 0.1) is 11.8 Å². The number of hydrogen-bond donors (Lipinski definition) is 2. The van der Waals surface area contributed by atoms with Crippen molar-refractivity contribution in [3.8, 4) is 0 Å². The summed E-state index contributed by atoms with van der Waals surface area (Å²) in [5.41, 5.74) is 2.72. The maximum absolute atomic E-state index is 12.3. The Hall–Kier alpha value is -1.35. The van der Waals surface area contributed by atoms with Gasteiger partial charge in [-0.3, -0.25) is 4.79 Å². The number of amides is 1.